The van der Waals surface area contributed by atoms with E-state index in [1.54, 1.807) is 0 Å². The summed E-state index contributed by atoms with van der Waals surface area (Å²) in [6, 6.07) is 5.89. The number of benzene rings is 1. The lowest BCUT2D eigenvalue weighted by Gasteiger charge is -2.21. The molecule has 92 valence electrons. The van der Waals surface area contributed by atoms with Crippen LogP contribution >= 0.6 is 15.9 Å². The number of halogens is 1. The Kier molecular flexibility index (Phi) is 4.18. The maximum atomic E-state index is 12.0. The second kappa shape index (κ2) is 5.65. The van der Waals surface area contributed by atoms with E-state index in [1.165, 1.54) is 0 Å². The highest BCUT2D eigenvalue weighted by atomic mass is 79.9. The van der Waals surface area contributed by atoms with Crippen molar-refractivity contribution in [1.82, 2.24) is 0 Å². The molecule has 1 unspecified atom stereocenters. The molecule has 1 amide bonds. The van der Waals surface area contributed by atoms with Gasteiger partial charge in [0.05, 0.1) is 12.5 Å². The van der Waals surface area contributed by atoms with E-state index in [-0.39, 0.29) is 11.8 Å². The van der Waals surface area contributed by atoms with Gasteiger partial charge in [0.2, 0.25) is 5.91 Å². The van der Waals surface area contributed by atoms with E-state index < -0.39 is 0 Å². The van der Waals surface area contributed by atoms with Gasteiger partial charge in [0.1, 0.15) is 0 Å². The van der Waals surface area contributed by atoms with Crippen LogP contribution in [0.1, 0.15) is 18.4 Å². The van der Waals surface area contributed by atoms with Gasteiger partial charge >= 0.3 is 0 Å². The van der Waals surface area contributed by atoms with Gasteiger partial charge in [-0.1, -0.05) is 15.9 Å². The quantitative estimate of drug-likeness (QED) is 0.911. The molecule has 1 aromatic carbocycles. The van der Waals surface area contributed by atoms with Gasteiger partial charge < -0.3 is 10.1 Å². The molecule has 3 nitrogen and oxygen atoms in total. The molecule has 0 saturated carbocycles. The van der Waals surface area contributed by atoms with Crippen molar-refractivity contribution in [1.29, 1.82) is 0 Å². The number of rotatable bonds is 2. The molecule has 2 rings (SSSR count). The van der Waals surface area contributed by atoms with Crippen LogP contribution in [0, 0.1) is 12.8 Å². The molecule has 1 N–H and O–H groups in total. The monoisotopic (exact) mass is 297 g/mol. The van der Waals surface area contributed by atoms with E-state index >= 15 is 0 Å². The summed E-state index contributed by atoms with van der Waals surface area (Å²) in [5.41, 5.74) is 1.96. The van der Waals surface area contributed by atoms with Gasteiger partial charge in [-0.25, -0.2) is 0 Å². The Morgan fingerprint density at radius 2 is 2.29 bits per heavy atom. The lowest BCUT2D eigenvalue weighted by molar-refractivity contribution is -0.123. The maximum Gasteiger partial charge on any atom is 0.229 e. The summed E-state index contributed by atoms with van der Waals surface area (Å²) in [4.78, 5) is 12.0. The molecule has 0 radical (unpaired) electrons. The van der Waals surface area contributed by atoms with Gasteiger partial charge in [0, 0.05) is 16.8 Å². The van der Waals surface area contributed by atoms with Crippen LogP contribution in [0.2, 0.25) is 0 Å². The van der Waals surface area contributed by atoms with Crippen molar-refractivity contribution in [2.75, 3.05) is 18.5 Å². The smallest absolute Gasteiger partial charge is 0.229 e. The van der Waals surface area contributed by atoms with Crippen LogP contribution in [-0.4, -0.2) is 19.1 Å². The fourth-order valence-electron chi connectivity index (χ4n) is 2.00. The molecule has 1 aliphatic heterocycles. The van der Waals surface area contributed by atoms with Gasteiger partial charge in [0.25, 0.3) is 0 Å². The lowest BCUT2D eigenvalue weighted by atomic mass is 10.0. The molecule has 0 aromatic heterocycles. The minimum atomic E-state index is -0.0111. The standard InChI is InChI=1S/C13H16BrNO2/c1-9-5-11(14)7-12(6-9)15-13(16)10-3-2-4-17-8-10/h5-7,10H,2-4,8H2,1H3,(H,15,16). The molecule has 0 bridgehead atoms. The molecule has 1 heterocycles. The predicted molar refractivity (Wildman–Crippen MR) is 71.1 cm³/mol. The van der Waals surface area contributed by atoms with E-state index in [4.69, 9.17) is 4.74 Å². The summed E-state index contributed by atoms with van der Waals surface area (Å²) < 4.78 is 6.30. The Morgan fingerprint density at radius 3 is 2.94 bits per heavy atom. The second-order valence-electron chi connectivity index (χ2n) is 4.42. The number of amides is 1. The molecule has 1 fully saturated rings. The summed E-state index contributed by atoms with van der Waals surface area (Å²) in [7, 11) is 0. The summed E-state index contributed by atoms with van der Waals surface area (Å²) in [5.74, 6) is 0.0465. The Morgan fingerprint density at radius 1 is 1.47 bits per heavy atom. The van der Waals surface area contributed by atoms with Crippen LogP contribution in [0.3, 0.4) is 0 Å². The van der Waals surface area contributed by atoms with Crippen molar-refractivity contribution in [2.45, 2.75) is 19.8 Å². The van der Waals surface area contributed by atoms with Crippen molar-refractivity contribution in [3.05, 3.63) is 28.2 Å². The molecule has 4 heteroatoms. The summed E-state index contributed by atoms with van der Waals surface area (Å²) in [6.45, 7) is 3.32. The van der Waals surface area contributed by atoms with Crippen molar-refractivity contribution in [3.63, 3.8) is 0 Å². The van der Waals surface area contributed by atoms with Crippen molar-refractivity contribution < 1.29 is 9.53 Å². The van der Waals surface area contributed by atoms with Gasteiger partial charge in [-0.15, -0.1) is 0 Å². The minimum absolute atomic E-state index is 0.0111. The average molecular weight is 298 g/mol. The zero-order chi connectivity index (χ0) is 12.3. The van der Waals surface area contributed by atoms with Crippen LogP contribution in [0.4, 0.5) is 5.69 Å². The molecule has 1 saturated heterocycles. The first-order valence-corrected chi connectivity index (χ1v) is 6.60. The first-order chi connectivity index (χ1) is 8.15. The third kappa shape index (κ3) is 3.54. The summed E-state index contributed by atoms with van der Waals surface area (Å²) >= 11 is 3.42. The van der Waals surface area contributed by atoms with Gasteiger partial charge in [0.15, 0.2) is 0 Å². The fraction of sp³-hybridized carbons (Fsp3) is 0.462. The topological polar surface area (TPSA) is 38.3 Å². The van der Waals surface area contributed by atoms with E-state index in [2.05, 4.69) is 21.2 Å². The minimum Gasteiger partial charge on any atom is -0.381 e. The Bertz CT molecular complexity index is 394. The zero-order valence-electron chi connectivity index (χ0n) is 9.83. The van der Waals surface area contributed by atoms with Crippen LogP contribution in [0.5, 0.6) is 0 Å². The third-order valence-electron chi connectivity index (χ3n) is 2.84. The number of ether oxygens (including phenoxy) is 1. The fourth-order valence-corrected chi connectivity index (χ4v) is 2.61. The Hall–Kier alpha value is -0.870. The highest BCUT2D eigenvalue weighted by molar-refractivity contribution is 9.10. The van der Waals surface area contributed by atoms with E-state index in [0.29, 0.717) is 6.61 Å². The van der Waals surface area contributed by atoms with Crippen LogP contribution in [-0.2, 0) is 9.53 Å². The number of hydrogen-bond acceptors (Lipinski definition) is 2. The van der Waals surface area contributed by atoms with Crippen molar-refractivity contribution >= 4 is 27.5 Å². The first kappa shape index (κ1) is 12.6. The second-order valence-corrected chi connectivity index (χ2v) is 5.34. The number of nitrogens with one attached hydrogen (secondary N) is 1. The molecule has 1 atom stereocenters. The van der Waals surface area contributed by atoms with E-state index in [1.807, 2.05) is 25.1 Å². The van der Waals surface area contributed by atoms with Crippen molar-refractivity contribution in [3.8, 4) is 0 Å². The van der Waals surface area contributed by atoms with Gasteiger partial charge in [-0.05, 0) is 43.5 Å². The molecule has 1 aromatic rings. The SMILES string of the molecule is Cc1cc(Br)cc(NC(=O)C2CCCOC2)c1. The van der Waals surface area contributed by atoms with Crippen LogP contribution in [0.25, 0.3) is 0 Å². The van der Waals surface area contributed by atoms with E-state index in [0.717, 1.165) is 35.2 Å². The predicted octanol–water partition coefficient (Wildman–Crippen LogP) is 3.12. The van der Waals surface area contributed by atoms with Gasteiger partial charge in [-0.3, -0.25) is 4.79 Å². The molecule has 17 heavy (non-hydrogen) atoms. The molecule has 1 aliphatic rings. The summed E-state index contributed by atoms with van der Waals surface area (Å²) in [5, 5.41) is 2.94. The number of hydrogen-bond donors (Lipinski definition) is 1. The zero-order valence-corrected chi connectivity index (χ0v) is 11.4. The first-order valence-electron chi connectivity index (χ1n) is 5.81. The van der Waals surface area contributed by atoms with E-state index in [9.17, 15) is 4.79 Å². The molecular weight excluding hydrogens is 282 g/mol. The molecule has 0 aliphatic carbocycles. The van der Waals surface area contributed by atoms with Gasteiger partial charge in [-0.2, -0.15) is 0 Å². The average Bonchev–Trinajstić information content (AvgIpc) is 2.28. The Labute approximate surface area is 110 Å². The lowest BCUT2D eigenvalue weighted by Crippen LogP contribution is -2.30. The molecule has 0 spiro atoms. The third-order valence-corrected chi connectivity index (χ3v) is 3.30. The highest BCUT2D eigenvalue weighted by Crippen LogP contribution is 2.21. The summed E-state index contributed by atoms with van der Waals surface area (Å²) in [6.07, 6.45) is 1.88. The largest absolute Gasteiger partial charge is 0.381 e. The van der Waals surface area contributed by atoms with Crippen molar-refractivity contribution in [2.24, 2.45) is 5.92 Å². The number of aryl methyl sites for hydroxylation is 1. The van der Waals surface area contributed by atoms with Crippen LogP contribution in [0.15, 0.2) is 22.7 Å². The van der Waals surface area contributed by atoms with Crippen LogP contribution < -0.4 is 5.32 Å². The normalized spacial score (nSPS) is 20.0. The molecular formula is C13H16BrNO2. The highest BCUT2D eigenvalue weighted by Gasteiger charge is 2.21. The number of anilines is 1. The Balaban J connectivity index is 2.01. The maximum absolute atomic E-state index is 12.0. The number of carbonyl (C=O) groups is 1. The number of carbonyl (C=O) groups excluding carboxylic acids is 1.